The van der Waals surface area contributed by atoms with Crippen LogP contribution >= 0.6 is 0 Å². The van der Waals surface area contributed by atoms with Crippen molar-refractivity contribution in [1.29, 1.82) is 0 Å². The van der Waals surface area contributed by atoms with Gasteiger partial charge in [0.05, 0.1) is 23.1 Å². The topological polar surface area (TPSA) is 81.0 Å². The molecule has 1 N–H and O–H groups in total. The Bertz CT molecular complexity index is 1400. The van der Waals surface area contributed by atoms with E-state index in [0.29, 0.717) is 17.9 Å². The Morgan fingerprint density at radius 1 is 1.15 bits per heavy atom. The second-order valence-electron chi connectivity index (χ2n) is 9.62. The van der Waals surface area contributed by atoms with Crippen LogP contribution in [0.3, 0.4) is 0 Å². The molecule has 0 unspecified atom stereocenters. The van der Waals surface area contributed by atoms with E-state index in [2.05, 4.69) is 0 Å². The van der Waals surface area contributed by atoms with Gasteiger partial charge in [0.25, 0.3) is 0 Å². The third kappa shape index (κ3) is 3.78. The summed E-state index contributed by atoms with van der Waals surface area (Å²) in [7, 11) is 0. The summed E-state index contributed by atoms with van der Waals surface area (Å²) >= 11 is 0. The minimum Gasteiger partial charge on any atom is -0.493 e. The fourth-order valence-electron chi connectivity index (χ4n) is 4.91. The number of carboxylic acid groups (broad SMARTS) is 1. The number of ether oxygens (including phenoxy) is 2. The normalized spacial score (nSPS) is 16.1. The number of aryl methyl sites for hydroxylation is 1. The second-order valence-corrected chi connectivity index (χ2v) is 9.62. The number of fused-ring (bicyclic) bond motifs is 1. The molecule has 0 amide bonds. The van der Waals surface area contributed by atoms with Crippen LogP contribution in [0.5, 0.6) is 5.75 Å². The Hall–Kier alpha value is -3.25. The highest BCUT2D eigenvalue weighted by atomic mass is 16.5. The van der Waals surface area contributed by atoms with Crippen molar-refractivity contribution in [2.45, 2.75) is 52.2 Å². The first-order valence-corrected chi connectivity index (χ1v) is 11.4. The van der Waals surface area contributed by atoms with E-state index >= 15 is 0 Å². The van der Waals surface area contributed by atoms with Crippen molar-refractivity contribution in [3.05, 3.63) is 58.2 Å². The van der Waals surface area contributed by atoms with E-state index in [1.54, 1.807) is 0 Å². The summed E-state index contributed by atoms with van der Waals surface area (Å²) in [6, 6.07) is 11.8. The van der Waals surface area contributed by atoms with Crippen LogP contribution in [-0.4, -0.2) is 34.8 Å². The van der Waals surface area contributed by atoms with Crippen molar-refractivity contribution in [1.82, 2.24) is 4.98 Å². The number of hydrogen-bond acceptors (Lipinski definition) is 5. The first-order chi connectivity index (χ1) is 15.7. The maximum atomic E-state index is 12.5. The van der Waals surface area contributed by atoms with Crippen LogP contribution in [0, 0.1) is 6.92 Å². The van der Waals surface area contributed by atoms with E-state index in [0.717, 1.165) is 57.7 Å². The van der Waals surface area contributed by atoms with E-state index in [9.17, 15) is 9.90 Å². The molecule has 6 nitrogen and oxygen atoms in total. The highest BCUT2D eigenvalue weighted by molar-refractivity contribution is 5.98. The minimum absolute atomic E-state index is 0.575. The molecular weight excluding hydrogens is 416 g/mol. The zero-order chi connectivity index (χ0) is 23.3. The Balaban J connectivity index is 1.91. The van der Waals surface area contributed by atoms with Crippen LogP contribution in [0.25, 0.3) is 27.6 Å². The zero-order valence-corrected chi connectivity index (χ0v) is 19.4. The molecule has 3 aromatic rings. The number of para-hydroxylation sites is 1. The van der Waals surface area contributed by atoms with Gasteiger partial charge in [-0.05, 0) is 52.3 Å². The van der Waals surface area contributed by atoms with Crippen LogP contribution in [0.15, 0.2) is 41.4 Å². The van der Waals surface area contributed by atoms with Gasteiger partial charge < -0.3 is 14.6 Å². The molecule has 0 bridgehead atoms. The van der Waals surface area contributed by atoms with Crippen LogP contribution in [0.1, 0.15) is 51.0 Å². The monoisotopic (exact) mass is 444 g/mol. The van der Waals surface area contributed by atoms with Gasteiger partial charge in [-0.25, -0.2) is 4.79 Å². The lowest BCUT2D eigenvalue weighted by atomic mass is 9.88. The molecule has 0 spiro atoms. The molecular formula is C27H28N2O4. The maximum Gasteiger partial charge on any atom is 0.337 e. The van der Waals surface area contributed by atoms with Gasteiger partial charge in [0.15, 0.2) is 6.10 Å². The Kier molecular flexibility index (Phi) is 5.20. The van der Waals surface area contributed by atoms with Crippen LogP contribution < -0.4 is 15.3 Å². The van der Waals surface area contributed by atoms with Crippen LogP contribution in [0.2, 0.25) is 0 Å². The molecule has 3 heterocycles. The quantitative estimate of drug-likeness (QED) is 0.655. The van der Waals surface area contributed by atoms with Crippen molar-refractivity contribution in [2.75, 3.05) is 13.2 Å². The Labute approximate surface area is 192 Å². The largest absolute Gasteiger partial charge is 0.493 e. The lowest BCUT2D eigenvalue weighted by molar-refractivity contribution is -0.160. The lowest BCUT2D eigenvalue weighted by Crippen LogP contribution is -2.37. The SMILES string of the molecule is Cc1nc2ccccc2c(-c2ccc3c4c2=NCCC=4CCO3)c1[C@H](OC(C)(C)C)C(=O)O. The fourth-order valence-corrected chi connectivity index (χ4v) is 4.91. The van der Waals surface area contributed by atoms with Gasteiger partial charge >= 0.3 is 5.97 Å². The van der Waals surface area contributed by atoms with Gasteiger partial charge in [-0.1, -0.05) is 23.8 Å². The second kappa shape index (κ2) is 7.96. The first kappa shape index (κ1) is 21.6. The number of nitrogens with zero attached hydrogens (tertiary/aromatic N) is 2. The molecule has 2 aliphatic rings. The molecule has 0 fully saturated rings. The lowest BCUT2D eigenvalue weighted by Gasteiger charge is -2.28. The van der Waals surface area contributed by atoms with Crippen molar-refractivity contribution in [2.24, 2.45) is 4.99 Å². The maximum absolute atomic E-state index is 12.5. The highest BCUT2D eigenvalue weighted by Gasteiger charge is 2.33. The average Bonchev–Trinajstić information content (AvgIpc) is 2.77. The molecule has 1 aromatic heterocycles. The molecule has 33 heavy (non-hydrogen) atoms. The standard InChI is InChI=1S/C27H28N2O4/c1-15-21(25(26(30)31)33-27(2,3)4)23(17-7-5-6-8-19(17)29-15)18-9-10-20-22-16(12-14-32-20)11-13-28-24(18)22/h5-10,25H,11-14H2,1-4H3,(H,30,31)/t25-/m0/s1. The number of carbonyl (C=O) groups is 1. The number of benzene rings is 2. The van der Waals surface area contributed by atoms with Gasteiger partial charge in [0, 0.05) is 46.0 Å². The van der Waals surface area contributed by atoms with Crippen molar-refractivity contribution >= 4 is 22.4 Å². The van der Waals surface area contributed by atoms with E-state index in [-0.39, 0.29) is 0 Å². The predicted octanol–water partition coefficient (Wildman–Crippen LogP) is 4.11. The highest BCUT2D eigenvalue weighted by Crippen LogP contribution is 2.38. The molecule has 0 saturated heterocycles. The minimum atomic E-state index is -1.16. The van der Waals surface area contributed by atoms with E-state index < -0.39 is 17.7 Å². The van der Waals surface area contributed by atoms with Crippen LogP contribution in [-0.2, 0) is 9.53 Å². The smallest absolute Gasteiger partial charge is 0.337 e. The first-order valence-electron chi connectivity index (χ1n) is 11.4. The van der Waals surface area contributed by atoms with Gasteiger partial charge in [-0.3, -0.25) is 9.98 Å². The van der Waals surface area contributed by atoms with Crippen LogP contribution in [0.4, 0.5) is 0 Å². The Morgan fingerprint density at radius 3 is 2.70 bits per heavy atom. The van der Waals surface area contributed by atoms with E-state index in [1.807, 2.05) is 64.1 Å². The summed E-state index contributed by atoms with van der Waals surface area (Å²) in [5.41, 5.74) is 4.46. The van der Waals surface area contributed by atoms with Crippen molar-refractivity contribution < 1.29 is 19.4 Å². The number of carboxylic acids is 1. The fraction of sp³-hybridized carbons (Fsp3) is 0.370. The third-order valence-corrected chi connectivity index (χ3v) is 6.19. The number of aromatic nitrogens is 1. The van der Waals surface area contributed by atoms with Gasteiger partial charge in [-0.15, -0.1) is 0 Å². The van der Waals surface area contributed by atoms with E-state index in [4.69, 9.17) is 19.5 Å². The predicted molar refractivity (Wildman–Crippen MR) is 127 cm³/mol. The summed E-state index contributed by atoms with van der Waals surface area (Å²) in [6.45, 7) is 8.85. The van der Waals surface area contributed by atoms with Gasteiger partial charge in [0.2, 0.25) is 0 Å². The summed E-state index contributed by atoms with van der Waals surface area (Å²) in [5, 5.41) is 13.1. The molecule has 2 aliphatic heterocycles. The van der Waals surface area contributed by atoms with Gasteiger partial charge in [0.1, 0.15) is 5.75 Å². The average molecular weight is 445 g/mol. The molecule has 0 radical (unpaired) electrons. The zero-order valence-electron chi connectivity index (χ0n) is 19.4. The van der Waals surface area contributed by atoms with Crippen molar-refractivity contribution in [3.8, 4) is 16.9 Å². The molecule has 0 aliphatic carbocycles. The molecule has 1 atom stereocenters. The summed E-state index contributed by atoms with van der Waals surface area (Å²) < 4.78 is 12.0. The van der Waals surface area contributed by atoms with E-state index in [1.165, 1.54) is 5.57 Å². The molecule has 170 valence electrons. The Morgan fingerprint density at radius 2 is 1.94 bits per heavy atom. The summed E-state index contributed by atoms with van der Waals surface area (Å²) in [5.74, 6) is -0.179. The number of hydrogen-bond donors (Lipinski definition) is 1. The molecule has 5 rings (SSSR count). The summed E-state index contributed by atoms with van der Waals surface area (Å²) in [4.78, 5) is 22.2. The number of pyridine rings is 1. The van der Waals surface area contributed by atoms with Gasteiger partial charge in [-0.2, -0.15) is 0 Å². The molecule has 6 heteroatoms. The number of rotatable bonds is 4. The molecule has 2 aromatic carbocycles. The molecule has 0 saturated carbocycles. The number of aliphatic carboxylic acids is 1. The summed E-state index contributed by atoms with van der Waals surface area (Å²) in [6.07, 6.45) is 0.664. The third-order valence-electron chi connectivity index (χ3n) is 6.19. The van der Waals surface area contributed by atoms with Crippen molar-refractivity contribution in [3.63, 3.8) is 0 Å².